The molecule has 24 heavy (non-hydrogen) atoms. The van der Waals surface area contributed by atoms with Crippen LogP contribution in [0, 0.1) is 12.8 Å². The van der Waals surface area contributed by atoms with Crippen LogP contribution in [-0.2, 0) is 6.54 Å². The lowest BCUT2D eigenvalue weighted by molar-refractivity contribution is 0.315. The summed E-state index contributed by atoms with van der Waals surface area (Å²) < 4.78 is 0. The molecule has 1 saturated carbocycles. The molecule has 7 heteroatoms. The van der Waals surface area contributed by atoms with Crippen molar-refractivity contribution in [2.75, 3.05) is 19.6 Å². The van der Waals surface area contributed by atoms with Gasteiger partial charge in [0.25, 0.3) is 0 Å². The Hall–Kier alpha value is -0.960. The lowest BCUT2D eigenvalue weighted by Gasteiger charge is -2.20. The summed E-state index contributed by atoms with van der Waals surface area (Å²) in [4.78, 5) is 15.9. The molecule has 0 radical (unpaired) electrons. The summed E-state index contributed by atoms with van der Waals surface area (Å²) in [7, 11) is 0. The molecule has 6 nitrogen and oxygen atoms in total. The molecule has 134 valence electrons. The number of rotatable bonds is 5. The van der Waals surface area contributed by atoms with E-state index in [2.05, 4.69) is 39.3 Å². The molecular weight excluding hydrogens is 415 g/mol. The highest BCUT2D eigenvalue weighted by atomic mass is 127. The van der Waals surface area contributed by atoms with Crippen LogP contribution >= 0.6 is 24.0 Å². The Labute approximate surface area is 162 Å². The number of hydrogen-bond acceptors (Lipinski definition) is 4. The molecule has 2 heterocycles. The molecule has 2 atom stereocenters. The molecule has 0 amide bonds. The van der Waals surface area contributed by atoms with Crippen molar-refractivity contribution in [2.45, 2.75) is 52.2 Å². The molecule has 0 bridgehead atoms. The van der Waals surface area contributed by atoms with Gasteiger partial charge in [-0.3, -0.25) is 4.90 Å². The first kappa shape index (κ1) is 19.4. The van der Waals surface area contributed by atoms with Crippen LogP contribution in [0.1, 0.15) is 38.2 Å². The van der Waals surface area contributed by atoms with Crippen LogP contribution < -0.4 is 10.6 Å². The van der Waals surface area contributed by atoms with Gasteiger partial charge in [-0.15, -0.1) is 24.0 Å². The number of halogens is 1. The lowest BCUT2D eigenvalue weighted by atomic mass is 10.1. The monoisotopic (exact) mass is 444 g/mol. The maximum absolute atomic E-state index is 4.69. The molecule has 2 unspecified atom stereocenters. The second-order valence-corrected chi connectivity index (χ2v) is 6.70. The number of aryl methyl sites for hydroxylation is 1. The molecule has 1 aromatic heterocycles. The van der Waals surface area contributed by atoms with Gasteiger partial charge in [-0.2, -0.15) is 0 Å². The van der Waals surface area contributed by atoms with Crippen LogP contribution in [0.2, 0.25) is 0 Å². The minimum Gasteiger partial charge on any atom is -0.357 e. The van der Waals surface area contributed by atoms with Gasteiger partial charge in [-0.25, -0.2) is 15.0 Å². The molecular formula is C17H29IN6. The fourth-order valence-electron chi connectivity index (χ4n) is 3.18. The van der Waals surface area contributed by atoms with Gasteiger partial charge in [0, 0.05) is 37.9 Å². The number of hydrogen-bond donors (Lipinski definition) is 2. The highest BCUT2D eigenvalue weighted by Gasteiger charge is 2.38. The van der Waals surface area contributed by atoms with E-state index < -0.39 is 0 Å². The number of nitrogens with one attached hydrogen (secondary N) is 2. The Bertz CT molecular complexity index is 560. The minimum absolute atomic E-state index is 0. The van der Waals surface area contributed by atoms with E-state index in [1.54, 1.807) is 6.20 Å². The quantitative estimate of drug-likeness (QED) is 0.413. The maximum Gasteiger partial charge on any atom is 0.191 e. The third-order valence-corrected chi connectivity index (χ3v) is 4.60. The normalized spacial score (nSPS) is 24.5. The van der Waals surface area contributed by atoms with Crippen LogP contribution in [0.25, 0.3) is 0 Å². The number of guanidine groups is 1. The van der Waals surface area contributed by atoms with Crippen LogP contribution in [0.4, 0.5) is 0 Å². The first-order valence-electron chi connectivity index (χ1n) is 8.73. The van der Waals surface area contributed by atoms with Crippen molar-refractivity contribution >= 4 is 29.9 Å². The highest BCUT2D eigenvalue weighted by molar-refractivity contribution is 14.0. The van der Waals surface area contributed by atoms with E-state index in [-0.39, 0.29) is 24.0 Å². The van der Waals surface area contributed by atoms with Crippen molar-refractivity contribution < 1.29 is 0 Å². The maximum atomic E-state index is 4.69. The molecule has 2 fully saturated rings. The van der Waals surface area contributed by atoms with Crippen molar-refractivity contribution in [3.63, 3.8) is 0 Å². The Morgan fingerprint density at radius 2 is 2.17 bits per heavy atom. The molecule has 2 aliphatic rings. The SMILES string of the molecule is CCNC(=NCc1ccnc(C)n1)NC1CN(C2CC2)CC1C.I. The first-order valence-corrected chi connectivity index (χ1v) is 8.73. The van der Waals surface area contributed by atoms with E-state index in [4.69, 9.17) is 4.99 Å². The fourth-order valence-corrected chi connectivity index (χ4v) is 3.18. The van der Waals surface area contributed by atoms with E-state index in [0.717, 1.165) is 36.6 Å². The predicted octanol–water partition coefficient (Wildman–Crippen LogP) is 1.94. The number of aliphatic imine (C=N–C) groups is 1. The van der Waals surface area contributed by atoms with Crippen molar-refractivity contribution in [1.82, 2.24) is 25.5 Å². The van der Waals surface area contributed by atoms with Gasteiger partial charge in [0.1, 0.15) is 5.82 Å². The number of likely N-dealkylation sites (tertiary alicyclic amines) is 1. The van der Waals surface area contributed by atoms with E-state index in [0.29, 0.717) is 18.5 Å². The second-order valence-electron chi connectivity index (χ2n) is 6.70. The standard InChI is InChI=1S/C17H28N6.HI/c1-4-18-17(20-9-14-7-8-19-13(3)21-14)22-16-11-23(10-12(16)2)15-5-6-15;/h7-8,12,15-16H,4-6,9-11H2,1-3H3,(H2,18,20,22);1H. The molecule has 1 aliphatic carbocycles. The Balaban J connectivity index is 0.00000208. The number of aromatic nitrogens is 2. The van der Waals surface area contributed by atoms with Gasteiger partial charge in [0.05, 0.1) is 12.2 Å². The third kappa shape index (κ3) is 5.27. The van der Waals surface area contributed by atoms with E-state index >= 15 is 0 Å². The van der Waals surface area contributed by atoms with Gasteiger partial charge in [0.15, 0.2) is 5.96 Å². The summed E-state index contributed by atoms with van der Waals surface area (Å²) in [5.41, 5.74) is 0.953. The largest absolute Gasteiger partial charge is 0.357 e. The second kappa shape index (κ2) is 8.94. The lowest BCUT2D eigenvalue weighted by Crippen LogP contribution is -2.46. The van der Waals surface area contributed by atoms with Crippen molar-refractivity contribution in [3.8, 4) is 0 Å². The van der Waals surface area contributed by atoms with E-state index in [1.165, 1.54) is 19.4 Å². The van der Waals surface area contributed by atoms with Crippen LogP contribution in [0.15, 0.2) is 17.3 Å². The topological polar surface area (TPSA) is 65.4 Å². The average Bonchev–Trinajstić information content (AvgIpc) is 3.31. The molecule has 1 saturated heterocycles. The Morgan fingerprint density at radius 1 is 1.38 bits per heavy atom. The zero-order chi connectivity index (χ0) is 16.2. The predicted molar refractivity (Wildman–Crippen MR) is 108 cm³/mol. The van der Waals surface area contributed by atoms with Crippen LogP contribution in [-0.4, -0.2) is 52.5 Å². The summed E-state index contributed by atoms with van der Waals surface area (Å²) in [5.74, 6) is 2.33. The van der Waals surface area contributed by atoms with Gasteiger partial charge >= 0.3 is 0 Å². The van der Waals surface area contributed by atoms with Gasteiger partial charge < -0.3 is 10.6 Å². The molecule has 0 spiro atoms. The summed E-state index contributed by atoms with van der Waals surface area (Å²) in [6, 6.07) is 3.24. The average molecular weight is 444 g/mol. The van der Waals surface area contributed by atoms with Crippen molar-refractivity contribution in [1.29, 1.82) is 0 Å². The highest BCUT2D eigenvalue weighted by Crippen LogP contribution is 2.31. The fraction of sp³-hybridized carbons (Fsp3) is 0.706. The van der Waals surface area contributed by atoms with E-state index in [1.807, 2.05) is 13.0 Å². The van der Waals surface area contributed by atoms with Crippen molar-refractivity contribution in [3.05, 3.63) is 23.8 Å². The summed E-state index contributed by atoms with van der Waals surface area (Å²) in [6.45, 7) is 10.1. The Morgan fingerprint density at radius 3 is 2.83 bits per heavy atom. The van der Waals surface area contributed by atoms with Gasteiger partial charge in [-0.1, -0.05) is 6.92 Å². The summed E-state index contributed by atoms with van der Waals surface area (Å²) in [5, 5.41) is 6.97. The first-order chi connectivity index (χ1) is 11.2. The third-order valence-electron chi connectivity index (χ3n) is 4.60. The van der Waals surface area contributed by atoms with E-state index in [9.17, 15) is 0 Å². The van der Waals surface area contributed by atoms with Gasteiger partial charge in [-0.05, 0) is 38.7 Å². The molecule has 0 aromatic carbocycles. The van der Waals surface area contributed by atoms with Gasteiger partial charge in [0.2, 0.25) is 0 Å². The molecule has 3 rings (SSSR count). The number of nitrogens with zero attached hydrogens (tertiary/aromatic N) is 4. The summed E-state index contributed by atoms with van der Waals surface area (Å²) in [6.07, 6.45) is 4.54. The van der Waals surface area contributed by atoms with Crippen LogP contribution in [0.5, 0.6) is 0 Å². The Kier molecular flexibility index (Phi) is 7.21. The molecule has 1 aliphatic heterocycles. The summed E-state index contributed by atoms with van der Waals surface area (Å²) >= 11 is 0. The molecule has 2 N–H and O–H groups in total. The smallest absolute Gasteiger partial charge is 0.191 e. The molecule has 1 aromatic rings. The van der Waals surface area contributed by atoms with Crippen molar-refractivity contribution in [2.24, 2.45) is 10.9 Å². The van der Waals surface area contributed by atoms with Crippen LogP contribution in [0.3, 0.4) is 0 Å². The zero-order valence-corrected chi connectivity index (χ0v) is 17.2. The zero-order valence-electron chi connectivity index (χ0n) is 14.8. The minimum atomic E-state index is 0.